The number of hydrazine groups is 1. The summed E-state index contributed by atoms with van der Waals surface area (Å²) in [6.45, 7) is 3.65. The summed E-state index contributed by atoms with van der Waals surface area (Å²) in [4.78, 5) is 34.2. The van der Waals surface area contributed by atoms with Gasteiger partial charge in [-0.05, 0) is 43.2 Å². The Hall–Kier alpha value is -3.39. The Labute approximate surface area is 166 Å². The van der Waals surface area contributed by atoms with E-state index in [-0.39, 0.29) is 22.2 Å². The number of aryl methyl sites for hydroxylation is 1. The number of nitrogens with one attached hydrogen (secondary N) is 3. The van der Waals surface area contributed by atoms with Crippen molar-refractivity contribution in [2.45, 2.75) is 20.3 Å². The molecule has 8 nitrogen and oxygen atoms in total. The molecule has 0 aliphatic carbocycles. The molecule has 0 heterocycles. The topological polar surface area (TPSA) is 113 Å². The average molecular weight is 403 g/mol. The second-order valence-corrected chi connectivity index (χ2v) is 6.28. The number of nitro benzene ring substituents is 1. The van der Waals surface area contributed by atoms with Crippen LogP contribution in [0, 0.1) is 10.1 Å². The molecule has 3 N–H and O–H groups in total. The van der Waals surface area contributed by atoms with Gasteiger partial charge in [-0.15, -0.1) is 0 Å². The number of amides is 2. The van der Waals surface area contributed by atoms with Crippen LogP contribution in [-0.2, 0) is 11.2 Å². The van der Waals surface area contributed by atoms with E-state index in [0.717, 1.165) is 12.5 Å². The molecule has 2 aromatic rings. The van der Waals surface area contributed by atoms with Crippen LogP contribution >= 0.6 is 11.6 Å². The van der Waals surface area contributed by atoms with Crippen molar-refractivity contribution in [3.63, 3.8) is 0 Å². The van der Waals surface area contributed by atoms with Gasteiger partial charge in [-0.2, -0.15) is 0 Å². The van der Waals surface area contributed by atoms with Crippen LogP contribution in [0.15, 0.2) is 54.2 Å². The number of rotatable bonds is 7. The Morgan fingerprint density at radius 1 is 1.14 bits per heavy atom. The molecule has 0 radical (unpaired) electrons. The van der Waals surface area contributed by atoms with Crippen molar-refractivity contribution in [3.05, 3.63) is 80.5 Å². The van der Waals surface area contributed by atoms with Crippen LogP contribution in [0.1, 0.15) is 29.8 Å². The Balaban J connectivity index is 1.91. The molecule has 0 aliphatic heterocycles. The Kier molecular flexibility index (Phi) is 7.11. The second kappa shape index (κ2) is 9.52. The molecule has 2 amide bonds. The summed E-state index contributed by atoms with van der Waals surface area (Å²) in [6.07, 6.45) is 2.20. The average Bonchev–Trinajstić information content (AvgIpc) is 2.66. The van der Waals surface area contributed by atoms with Gasteiger partial charge in [0.15, 0.2) is 0 Å². The third-order valence-electron chi connectivity index (χ3n) is 3.76. The number of hydrogen-bond donors (Lipinski definition) is 3. The first kappa shape index (κ1) is 20.9. The maximum atomic E-state index is 12.1. The predicted octanol–water partition coefficient (Wildman–Crippen LogP) is 3.59. The number of benzene rings is 2. The summed E-state index contributed by atoms with van der Waals surface area (Å²) in [5.74, 6) is -0.915. The van der Waals surface area contributed by atoms with Crippen molar-refractivity contribution in [1.29, 1.82) is 0 Å². The van der Waals surface area contributed by atoms with Gasteiger partial charge >= 0.3 is 0 Å². The van der Waals surface area contributed by atoms with Gasteiger partial charge < -0.3 is 10.7 Å². The molecule has 0 atom stereocenters. The van der Waals surface area contributed by atoms with Crippen molar-refractivity contribution < 1.29 is 14.5 Å². The van der Waals surface area contributed by atoms with E-state index in [1.54, 1.807) is 6.92 Å². The fourth-order valence-electron chi connectivity index (χ4n) is 2.26. The number of allylic oxidation sites excluding steroid dienone is 1. The highest BCUT2D eigenvalue weighted by Crippen LogP contribution is 2.24. The molecule has 0 saturated heterocycles. The smallest absolute Gasteiger partial charge is 0.287 e. The minimum absolute atomic E-state index is 0.136. The molecule has 0 aliphatic rings. The number of nitro groups is 1. The van der Waals surface area contributed by atoms with Crippen LogP contribution in [0.4, 0.5) is 11.4 Å². The molecule has 28 heavy (non-hydrogen) atoms. The van der Waals surface area contributed by atoms with Crippen molar-refractivity contribution in [2.75, 3.05) is 5.32 Å². The zero-order chi connectivity index (χ0) is 20.7. The summed E-state index contributed by atoms with van der Waals surface area (Å²) in [7, 11) is 0. The predicted molar refractivity (Wildman–Crippen MR) is 107 cm³/mol. The Morgan fingerprint density at radius 2 is 1.82 bits per heavy atom. The first-order chi connectivity index (χ1) is 13.3. The van der Waals surface area contributed by atoms with E-state index in [1.807, 2.05) is 31.2 Å². The number of nitrogens with zero attached hydrogens (tertiary/aromatic N) is 1. The van der Waals surface area contributed by atoms with Gasteiger partial charge in [0, 0.05) is 29.1 Å². The number of hydrogen-bond acceptors (Lipinski definition) is 5. The summed E-state index contributed by atoms with van der Waals surface area (Å²) >= 11 is 5.79. The lowest BCUT2D eigenvalue weighted by Crippen LogP contribution is -2.36. The fourth-order valence-corrected chi connectivity index (χ4v) is 2.51. The van der Waals surface area contributed by atoms with Gasteiger partial charge in [0.05, 0.1) is 4.92 Å². The zero-order valence-corrected chi connectivity index (χ0v) is 16.0. The molecule has 0 unspecified atom stereocenters. The van der Waals surface area contributed by atoms with Gasteiger partial charge in [-0.3, -0.25) is 25.1 Å². The molecule has 2 rings (SSSR count). The highest BCUT2D eigenvalue weighted by molar-refractivity contribution is 6.33. The standard InChI is InChI=1S/C19H19ClN4O4/c1-3-13-4-7-15(8-5-13)21-18(25)10-12(2)22-23-19(26)14-6-9-17(24(27)28)16(20)11-14/h4-11,22H,3H2,1-2H3,(H,21,25)(H,23,26). The van der Waals surface area contributed by atoms with Crippen LogP contribution < -0.4 is 16.2 Å². The first-order valence-electron chi connectivity index (χ1n) is 8.38. The van der Waals surface area contributed by atoms with E-state index in [4.69, 9.17) is 11.6 Å². The Bertz CT molecular complexity index is 926. The van der Waals surface area contributed by atoms with Gasteiger partial charge in [0.25, 0.3) is 11.6 Å². The largest absolute Gasteiger partial charge is 0.322 e. The van der Waals surface area contributed by atoms with Crippen molar-refractivity contribution in [2.24, 2.45) is 0 Å². The van der Waals surface area contributed by atoms with Crippen molar-refractivity contribution in [1.82, 2.24) is 10.9 Å². The summed E-state index contributed by atoms with van der Waals surface area (Å²) in [5.41, 5.74) is 7.06. The summed E-state index contributed by atoms with van der Waals surface area (Å²) in [6, 6.07) is 11.1. The van der Waals surface area contributed by atoms with Gasteiger partial charge in [-0.25, -0.2) is 0 Å². The fraction of sp³-hybridized carbons (Fsp3) is 0.158. The van der Waals surface area contributed by atoms with Gasteiger partial charge in [0.2, 0.25) is 5.91 Å². The van der Waals surface area contributed by atoms with Crippen molar-refractivity contribution in [3.8, 4) is 0 Å². The molecular weight excluding hydrogens is 384 g/mol. The van der Waals surface area contributed by atoms with Crippen LogP contribution in [-0.4, -0.2) is 16.7 Å². The second-order valence-electron chi connectivity index (χ2n) is 5.87. The lowest BCUT2D eigenvalue weighted by Gasteiger charge is -2.09. The lowest BCUT2D eigenvalue weighted by atomic mass is 10.1. The lowest BCUT2D eigenvalue weighted by molar-refractivity contribution is -0.384. The summed E-state index contributed by atoms with van der Waals surface area (Å²) in [5, 5.41) is 13.3. The molecule has 0 fully saturated rings. The molecular formula is C19H19ClN4O4. The highest BCUT2D eigenvalue weighted by atomic mass is 35.5. The number of halogens is 1. The number of anilines is 1. The minimum atomic E-state index is -0.635. The van der Waals surface area contributed by atoms with Crippen molar-refractivity contribution >= 4 is 34.8 Å². The molecule has 9 heteroatoms. The normalized spacial score (nSPS) is 10.9. The minimum Gasteiger partial charge on any atom is -0.322 e. The van der Waals surface area contributed by atoms with E-state index in [9.17, 15) is 19.7 Å². The quantitative estimate of drug-likeness (QED) is 0.372. The van der Waals surface area contributed by atoms with Gasteiger partial charge in [-0.1, -0.05) is 30.7 Å². The third-order valence-corrected chi connectivity index (χ3v) is 4.06. The van der Waals surface area contributed by atoms with E-state index in [2.05, 4.69) is 16.2 Å². The van der Waals surface area contributed by atoms with E-state index in [0.29, 0.717) is 11.4 Å². The van der Waals surface area contributed by atoms with Crippen LogP contribution in [0.25, 0.3) is 0 Å². The molecule has 0 aromatic heterocycles. The molecule has 2 aromatic carbocycles. The third kappa shape index (κ3) is 5.82. The molecule has 0 bridgehead atoms. The van der Waals surface area contributed by atoms with E-state index in [1.165, 1.54) is 23.8 Å². The highest BCUT2D eigenvalue weighted by Gasteiger charge is 2.15. The zero-order valence-electron chi connectivity index (χ0n) is 15.3. The van der Waals surface area contributed by atoms with E-state index >= 15 is 0 Å². The van der Waals surface area contributed by atoms with Crippen LogP contribution in [0.2, 0.25) is 5.02 Å². The Morgan fingerprint density at radius 3 is 2.39 bits per heavy atom. The summed E-state index contributed by atoms with van der Waals surface area (Å²) < 4.78 is 0. The molecule has 146 valence electrons. The van der Waals surface area contributed by atoms with E-state index < -0.39 is 10.8 Å². The monoisotopic (exact) mass is 402 g/mol. The SMILES string of the molecule is CCc1ccc(NC(=O)C=C(C)NNC(=O)c2ccc([N+](=O)[O-])c(Cl)c2)cc1. The van der Waals surface area contributed by atoms with Crippen LogP contribution in [0.5, 0.6) is 0 Å². The maximum Gasteiger partial charge on any atom is 0.287 e. The van der Waals surface area contributed by atoms with Crippen LogP contribution in [0.3, 0.4) is 0 Å². The molecule has 0 spiro atoms. The first-order valence-corrected chi connectivity index (χ1v) is 8.76. The van der Waals surface area contributed by atoms with Gasteiger partial charge in [0.1, 0.15) is 5.02 Å². The maximum absolute atomic E-state index is 12.1. The number of carbonyl (C=O) groups is 2. The number of carbonyl (C=O) groups excluding carboxylic acids is 2. The molecule has 0 saturated carbocycles.